The molecule has 1 aromatic heterocycles. The zero-order chi connectivity index (χ0) is 32.7. The van der Waals surface area contributed by atoms with Crippen molar-refractivity contribution in [1.82, 2.24) is 19.8 Å². The number of amides is 2. The van der Waals surface area contributed by atoms with Crippen LogP contribution in [0.5, 0.6) is 5.88 Å². The van der Waals surface area contributed by atoms with E-state index in [0.717, 1.165) is 16.7 Å². The molecule has 2 heterocycles. The number of carbonyl (C=O) groups excluding carboxylic acids is 2. The molecule has 2 amide bonds. The summed E-state index contributed by atoms with van der Waals surface area (Å²) in [6, 6.07) is 13.2. The maximum atomic E-state index is 14.4. The molecular formula is C34H43N5O5S. The van der Waals surface area contributed by atoms with Crippen LogP contribution in [0.2, 0.25) is 0 Å². The Labute approximate surface area is 266 Å². The van der Waals surface area contributed by atoms with E-state index in [4.69, 9.17) is 4.74 Å². The van der Waals surface area contributed by atoms with Gasteiger partial charge in [0.15, 0.2) is 0 Å². The first-order valence-corrected chi connectivity index (χ1v) is 16.9. The monoisotopic (exact) mass is 633 g/mol. The van der Waals surface area contributed by atoms with Crippen molar-refractivity contribution >= 4 is 27.8 Å². The molecule has 240 valence electrons. The lowest BCUT2D eigenvalue weighted by atomic mass is 9.81. The summed E-state index contributed by atoms with van der Waals surface area (Å²) in [6.07, 6.45) is 2.30. The Hall–Kier alpha value is -3.99. The molecule has 0 unspecified atom stereocenters. The van der Waals surface area contributed by atoms with Crippen molar-refractivity contribution in [3.63, 3.8) is 0 Å². The lowest BCUT2D eigenvalue weighted by Gasteiger charge is -2.49. The molecule has 11 heteroatoms. The minimum Gasteiger partial charge on any atom is -0.475 e. The van der Waals surface area contributed by atoms with Crippen LogP contribution in [0, 0.1) is 19.3 Å². The van der Waals surface area contributed by atoms with Crippen LogP contribution in [0.1, 0.15) is 74.9 Å². The highest BCUT2D eigenvalue weighted by molar-refractivity contribution is 7.92. The van der Waals surface area contributed by atoms with Crippen LogP contribution in [0.15, 0.2) is 53.4 Å². The molecule has 1 N–H and O–H groups in total. The van der Waals surface area contributed by atoms with Gasteiger partial charge in [-0.2, -0.15) is 4.98 Å². The Morgan fingerprint density at radius 3 is 2.38 bits per heavy atom. The van der Waals surface area contributed by atoms with Crippen LogP contribution in [0.4, 0.5) is 5.95 Å². The number of ether oxygens (including phenoxy) is 1. The van der Waals surface area contributed by atoms with Crippen molar-refractivity contribution in [2.24, 2.45) is 5.41 Å². The molecule has 2 aliphatic rings. The number of fused-ring (bicyclic) bond motifs is 4. The van der Waals surface area contributed by atoms with Gasteiger partial charge in [-0.05, 0) is 67.9 Å². The number of aryl methyl sites for hydroxylation is 2. The van der Waals surface area contributed by atoms with Crippen LogP contribution in [-0.2, 0) is 14.8 Å². The number of hydrogen-bond acceptors (Lipinski definition) is 7. The highest BCUT2D eigenvalue weighted by atomic mass is 32.2. The van der Waals surface area contributed by atoms with Gasteiger partial charge < -0.3 is 14.5 Å². The zero-order valence-electron chi connectivity index (χ0n) is 27.1. The quantitative estimate of drug-likeness (QED) is 0.388. The number of carbonyl (C=O) groups is 2. The number of benzene rings is 2. The number of nitrogens with one attached hydrogen (secondary N) is 1. The van der Waals surface area contributed by atoms with E-state index < -0.39 is 10.0 Å². The van der Waals surface area contributed by atoms with Gasteiger partial charge in [0.2, 0.25) is 17.7 Å². The van der Waals surface area contributed by atoms with E-state index in [2.05, 4.69) is 35.5 Å². The summed E-state index contributed by atoms with van der Waals surface area (Å²) < 4.78 is 36.1. The third kappa shape index (κ3) is 6.98. The van der Waals surface area contributed by atoms with Gasteiger partial charge in [0.05, 0.1) is 16.6 Å². The molecule has 1 fully saturated rings. The lowest BCUT2D eigenvalue weighted by Crippen LogP contribution is -2.60. The predicted molar refractivity (Wildman–Crippen MR) is 174 cm³/mol. The van der Waals surface area contributed by atoms with Crippen LogP contribution in [0.3, 0.4) is 0 Å². The fraction of sp³-hybridized carbons (Fsp3) is 0.471. The van der Waals surface area contributed by atoms with Crippen LogP contribution >= 0.6 is 0 Å². The first kappa shape index (κ1) is 32.4. The molecule has 45 heavy (non-hydrogen) atoms. The van der Waals surface area contributed by atoms with Gasteiger partial charge in [-0.1, -0.05) is 52.0 Å². The number of anilines is 1. The molecule has 4 bridgehead atoms. The van der Waals surface area contributed by atoms with Gasteiger partial charge in [-0.15, -0.1) is 0 Å². The minimum atomic E-state index is -4.15. The van der Waals surface area contributed by atoms with Gasteiger partial charge in [0.1, 0.15) is 6.61 Å². The second-order valence-electron chi connectivity index (χ2n) is 13.4. The Bertz CT molecular complexity index is 1690. The average Bonchev–Trinajstić information content (AvgIpc) is 2.94. The number of nitrogens with zero attached hydrogens (tertiary/aromatic N) is 4. The van der Waals surface area contributed by atoms with Crippen molar-refractivity contribution in [2.75, 3.05) is 18.4 Å². The first-order valence-electron chi connectivity index (χ1n) is 15.5. The Balaban J connectivity index is 1.62. The summed E-state index contributed by atoms with van der Waals surface area (Å²) in [4.78, 5) is 39.4. The van der Waals surface area contributed by atoms with Crippen LogP contribution < -0.4 is 9.46 Å². The SMILES string of the molecule is CCC(=O)N(C)[C@H]1C[C@@H](N2C(=O)c3cccc(c3)S(=O)(=O)Nc3nc(cc(-c4c(C)cccc4C)n3)OC[C@H]2CC(C)(C)C)C1. The summed E-state index contributed by atoms with van der Waals surface area (Å²) >= 11 is 0. The zero-order valence-corrected chi connectivity index (χ0v) is 27.9. The first-order chi connectivity index (χ1) is 21.2. The number of sulfonamides is 1. The Kier molecular flexibility index (Phi) is 8.95. The molecule has 0 radical (unpaired) electrons. The molecule has 10 nitrogen and oxygen atoms in total. The van der Waals surface area contributed by atoms with E-state index in [1.165, 1.54) is 12.1 Å². The Morgan fingerprint density at radius 2 is 1.73 bits per heavy atom. The summed E-state index contributed by atoms with van der Waals surface area (Å²) in [7, 11) is -2.34. The average molecular weight is 634 g/mol. The standard InChI is InChI=1S/C34H43N5O5S/c1-8-30(40)38(7)24-16-25(17-24)39-26(19-34(4,5)6)20-44-29-18-28(31-21(2)11-9-12-22(31)3)35-33(36-29)37-45(42,43)27-14-10-13-23(15-27)32(39)41/h9-15,18,24-26H,8,16-17,19-20H2,1-7H3,(H,35,36,37)/t24-,25+,26-/m1/s1. The maximum absolute atomic E-state index is 14.4. The van der Waals surface area contributed by atoms with Crippen molar-refractivity contribution < 1.29 is 22.7 Å². The summed E-state index contributed by atoms with van der Waals surface area (Å²) in [6.45, 7) is 12.3. The van der Waals surface area contributed by atoms with Gasteiger partial charge in [0.25, 0.3) is 15.9 Å². The van der Waals surface area contributed by atoms with Gasteiger partial charge in [-0.25, -0.2) is 18.1 Å². The molecular weight excluding hydrogens is 590 g/mol. The normalized spacial score (nSPS) is 21.3. The molecule has 5 rings (SSSR count). The highest BCUT2D eigenvalue weighted by Crippen LogP contribution is 2.36. The van der Waals surface area contributed by atoms with Gasteiger partial charge in [-0.3, -0.25) is 9.59 Å². The van der Waals surface area contributed by atoms with Crippen molar-refractivity contribution in [3.05, 3.63) is 65.2 Å². The largest absolute Gasteiger partial charge is 0.475 e. The van der Waals surface area contributed by atoms with E-state index in [9.17, 15) is 18.0 Å². The third-order valence-electron chi connectivity index (χ3n) is 8.68. The lowest BCUT2D eigenvalue weighted by molar-refractivity contribution is -0.134. The van der Waals surface area contributed by atoms with E-state index in [-0.39, 0.29) is 64.2 Å². The molecule has 1 aliphatic carbocycles. The van der Waals surface area contributed by atoms with Crippen LogP contribution in [0.25, 0.3) is 11.3 Å². The van der Waals surface area contributed by atoms with Crippen LogP contribution in [-0.4, -0.2) is 71.8 Å². The van der Waals surface area contributed by atoms with E-state index in [1.807, 2.05) is 50.9 Å². The molecule has 0 saturated heterocycles. The molecule has 3 aromatic rings. The summed E-state index contributed by atoms with van der Waals surface area (Å²) in [5.41, 5.74) is 3.46. The van der Waals surface area contributed by atoms with Gasteiger partial charge in [0, 0.05) is 42.7 Å². The second-order valence-corrected chi connectivity index (χ2v) is 15.1. The van der Waals surface area contributed by atoms with Crippen molar-refractivity contribution in [1.29, 1.82) is 0 Å². The van der Waals surface area contributed by atoms with E-state index in [0.29, 0.717) is 31.4 Å². The van der Waals surface area contributed by atoms with E-state index in [1.54, 1.807) is 23.1 Å². The second kappa shape index (κ2) is 12.4. The molecule has 2 aromatic carbocycles. The summed E-state index contributed by atoms with van der Waals surface area (Å²) in [5, 5.41) is 0. The summed E-state index contributed by atoms with van der Waals surface area (Å²) in [5.74, 6) is -0.117. The topological polar surface area (TPSA) is 122 Å². The molecule has 1 aliphatic heterocycles. The predicted octanol–water partition coefficient (Wildman–Crippen LogP) is 5.60. The number of hydrogen-bond donors (Lipinski definition) is 1. The van der Waals surface area contributed by atoms with Crippen molar-refractivity contribution in [2.45, 2.75) is 90.2 Å². The Morgan fingerprint density at radius 1 is 1.07 bits per heavy atom. The van der Waals surface area contributed by atoms with Crippen molar-refractivity contribution in [3.8, 4) is 17.1 Å². The highest BCUT2D eigenvalue weighted by Gasteiger charge is 2.43. The molecule has 1 atom stereocenters. The minimum absolute atomic E-state index is 0.0243. The smallest absolute Gasteiger partial charge is 0.264 e. The van der Waals surface area contributed by atoms with Gasteiger partial charge >= 0.3 is 0 Å². The fourth-order valence-electron chi connectivity index (χ4n) is 6.33. The maximum Gasteiger partial charge on any atom is 0.264 e. The molecule has 1 saturated carbocycles. The van der Waals surface area contributed by atoms with E-state index >= 15 is 0 Å². The fourth-order valence-corrected chi connectivity index (χ4v) is 7.32. The third-order valence-corrected chi connectivity index (χ3v) is 10.0. The number of rotatable bonds is 5. The number of aromatic nitrogens is 2. The molecule has 0 spiro atoms.